The second-order valence-electron chi connectivity index (χ2n) is 4.08. The summed E-state index contributed by atoms with van der Waals surface area (Å²) in [6, 6.07) is 3.19. The Hall–Kier alpha value is -1.33. The number of aromatic carboxylic acids is 1. The number of rotatable bonds is 9. The van der Waals surface area contributed by atoms with Crippen molar-refractivity contribution in [3.05, 3.63) is 22.8 Å². The topological polar surface area (TPSA) is 71.5 Å². The molecule has 0 saturated heterocycles. The number of nitrogens with zero attached hydrogens (tertiary/aromatic N) is 1. The predicted octanol–water partition coefficient (Wildman–Crippen LogP) is 3.05. The molecule has 0 radical (unpaired) electrons. The molecule has 6 heteroatoms. The average Bonchev–Trinajstić information content (AvgIpc) is 2.39. The van der Waals surface area contributed by atoms with Gasteiger partial charge in [-0.1, -0.05) is 24.9 Å². The van der Waals surface area contributed by atoms with Gasteiger partial charge in [0, 0.05) is 19.8 Å². The number of hydrogen-bond donors (Lipinski definition) is 2. The number of unbranched alkanes of at least 4 members (excludes halogenated alkanes) is 1. The molecule has 0 unspecified atom stereocenters. The van der Waals surface area contributed by atoms with E-state index in [-0.39, 0.29) is 10.7 Å². The number of anilines is 1. The highest BCUT2D eigenvalue weighted by molar-refractivity contribution is 6.33. The van der Waals surface area contributed by atoms with Crippen molar-refractivity contribution in [1.29, 1.82) is 0 Å². The van der Waals surface area contributed by atoms with Crippen LogP contribution in [0.3, 0.4) is 0 Å². The summed E-state index contributed by atoms with van der Waals surface area (Å²) >= 11 is 5.73. The molecule has 2 N–H and O–H groups in total. The van der Waals surface area contributed by atoms with Crippen molar-refractivity contribution in [3.63, 3.8) is 0 Å². The molecule has 0 spiro atoms. The van der Waals surface area contributed by atoms with Crippen molar-refractivity contribution in [2.45, 2.75) is 26.2 Å². The van der Waals surface area contributed by atoms with Crippen LogP contribution in [0.2, 0.25) is 5.02 Å². The molecule has 0 bridgehead atoms. The van der Waals surface area contributed by atoms with Gasteiger partial charge in [-0.3, -0.25) is 0 Å². The van der Waals surface area contributed by atoms with Crippen molar-refractivity contribution in [2.75, 3.05) is 25.1 Å². The van der Waals surface area contributed by atoms with E-state index in [0.29, 0.717) is 19.0 Å². The molecule has 0 amide bonds. The molecule has 1 aromatic rings. The number of ether oxygens (including phenoxy) is 1. The quantitative estimate of drug-likeness (QED) is 0.683. The number of aromatic nitrogens is 1. The smallest absolute Gasteiger partial charge is 0.356 e. The highest BCUT2D eigenvalue weighted by Crippen LogP contribution is 2.16. The Morgan fingerprint density at radius 3 is 2.84 bits per heavy atom. The molecule has 0 saturated carbocycles. The van der Waals surface area contributed by atoms with E-state index in [1.807, 2.05) is 0 Å². The van der Waals surface area contributed by atoms with Gasteiger partial charge in [0.15, 0.2) is 5.69 Å². The number of halogens is 1. The first kappa shape index (κ1) is 15.7. The molecule has 0 aliphatic carbocycles. The largest absolute Gasteiger partial charge is 0.476 e. The maximum absolute atomic E-state index is 10.9. The third-order valence-electron chi connectivity index (χ3n) is 2.46. The number of carboxylic acids is 1. The van der Waals surface area contributed by atoms with Crippen molar-refractivity contribution in [1.82, 2.24) is 4.98 Å². The van der Waals surface area contributed by atoms with E-state index in [1.165, 1.54) is 6.07 Å². The summed E-state index contributed by atoms with van der Waals surface area (Å²) in [5.74, 6) is -0.619. The van der Waals surface area contributed by atoms with Gasteiger partial charge in [0.1, 0.15) is 5.82 Å². The Morgan fingerprint density at radius 1 is 1.42 bits per heavy atom. The minimum atomic E-state index is -1.13. The SMILES string of the molecule is CCCCOCCCNc1ccc(Cl)c(C(=O)O)n1. The second-order valence-corrected chi connectivity index (χ2v) is 4.49. The zero-order valence-corrected chi connectivity index (χ0v) is 11.7. The highest BCUT2D eigenvalue weighted by Gasteiger charge is 2.10. The van der Waals surface area contributed by atoms with Crippen molar-refractivity contribution < 1.29 is 14.6 Å². The normalized spacial score (nSPS) is 10.4. The van der Waals surface area contributed by atoms with Gasteiger partial charge in [0.2, 0.25) is 0 Å². The van der Waals surface area contributed by atoms with Gasteiger partial charge in [-0.25, -0.2) is 9.78 Å². The van der Waals surface area contributed by atoms with Gasteiger partial charge in [-0.15, -0.1) is 0 Å². The maximum atomic E-state index is 10.9. The molecule has 0 aromatic carbocycles. The highest BCUT2D eigenvalue weighted by atomic mass is 35.5. The molecule has 0 aliphatic heterocycles. The molecule has 19 heavy (non-hydrogen) atoms. The summed E-state index contributed by atoms with van der Waals surface area (Å²) in [4.78, 5) is 14.8. The van der Waals surface area contributed by atoms with Gasteiger partial charge >= 0.3 is 5.97 Å². The van der Waals surface area contributed by atoms with Gasteiger partial charge in [-0.2, -0.15) is 0 Å². The van der Waals surface area contributed by atoms with Crippen LogP contribution in [0.4, 0.5) is 5.82 Å². The van der Waals surface area contributed by atoms with Gasteiger partial charge in [0.25, 0.3) is 0 Å². The molecule has 0 fully saturated rings. The van der Waals surface area contributed by atoms with Crippen LogP contribution in [0.1, 0.15) is 36.7 Å². The summed E-state index contributed by atoms with van der Waals surface area (Å²) < 4.78 is 5.42. The number of pyridine rings is 1. The van der Waals surface area contributed by atoms with E-state index < -0.39 is 5.97 Å². The van der Waals surface area contributed by atoms with Gasteiger partial charge < -0.3 is 15.2 Å². The second kappa shape index (κ2) is 8.72. The van der Waals surface area contributed by atoms with E-state index in [1.54, 1.807) is 6.07 Å². The Morgan fingerprint density at radius 2 is 2.16 bits per heavy atom. The van der Waals surface area contributed by atoms with Crippen LogP contribution in [0.5, 0.6) is 0 Å². The molecule has 1 rings (SSSR count). The van der Waals surface area contributed by atoms with Crippen LogP contribution in [0.15, 0.2) is 12.1 Å². The predicted molar refractivity (Wildman–Crippen MR) is 75.0 cm³/mol. The van der Waals surface area contributed by atoms with Crippen LogP contribution in [0, 0.1) is 0 Å². The monoisotopic (exact) mass is 286 g/mol. The third-order valence-corrected chi connectivity index (χ3v) is 2.77. The fourth-order valence-electron chi connectivity index (χ4n) is 1.43. The van der Waals surface area contributed by atoms with E-state index in [9.17, 15) is 4.79 Å². The van der Waals surface area contributed by atoms with E-state index in [2.05, 4.69) is 17.2 Å². The fourth-order valence-corrected chi connectivity index (χ4v) is 1.62. The molecular weight excluding hydrogens is 268 g/mol. The molecule has 1 heterocycles. The zero-order valence-electron chi connectivity index (χ0n) is 11.0. The third kappa shape index (κ3) is 5.89. The Balaban J connectivity index is 2.30. The summed E-state index contributed by atoms with van der Waals surface area (Å²) in [7, 11) is 0. The lowest BCUT2D eigenvalue weighted by Gasteiger charge is -2.07. The van der Waals surface area contributed by atoms with E-state index >= 15 is 0 Å². The Labute approximate surface area is 117 Å². The van der Waals surface area contributed by atoms with E-state index in [0.717, 1.165) is 25.9 Å². The van der Waals surface area contributed by atoms with Crippen LogP contribution >= 0.6 is 11.6 Å². The summed E-state index contributed by atoms with van der Waals surface area (Å²) in [6.07, 6.45) is 3.05. The number of carbonyl (C=O) groups is 1. The first-order chi connectivity index (χ1) is 9.15. The Kier molecular flexibility index (Phi) is 7.22. The standard InChI is InChI=1S/C13H19ClN2O3/c1-2-3-8-19-9-4-7-15-11-6-5-10(14)12(16-11)13(17)18/h5-6H,2-4,7-9H2,1H3,(H,15,16)(H,17,18). The minimum absolute atomic E-state index is 0.133. The summed E-state index contributed by atoms with van der Waals surface area (Å²) in [5, 5.41) is 12.1. The first-order valence-corrected chi connectivity index (χ1v) is 6.74. The van der Waals surface area contributed by atoms with Crippen LogP contribution in [-0.2, 0) is 4.74 Å². The van der Waals surface area contributed by atoms with Gasteiger partial charge in [-0.05, 0) is 25.0 Å². The van der Waals surface area contributed by atoms with Crippen molar-refractivity contribution in [2.24, 2.45) is 0 Å². The summed E-state index contributed by atoms with van der Waals surface area (Å²) in [6.45, 7) is 4.28. The molecule has 1 aromatic heterocycles. The molecule has 0 aliphatic rings. The Bertz CT molecular complexity index is 413. The average molecular weight is 287 g/mol. The molecule has 0 atom stereocenters. The first-order valence-electron chi connectivity index (χ1n) is 6.36. The number of carboxylic acid groups (broad SMARTS) is 1. The maximum Gasteiger partial charge on any atom is 0.356 e. The van der Waals surface area contributed by atoms with Crippen molar-refractivity contribution >= 4 is 23.4 Å². The lowest BCUT2D eigenvalue weighted by atomic mass is 10.3. The molecule has 106 valence electrons. The minimum Gasteiger partial charge on any atom is -0.476 e. The van der Waals surface area contributed by atoms with Gasteiger partial charge in [0.05, 0.1) is 5.02 Å². The van der Waals surface area contributed by atoms with Crippen molar-refractivity contribution in [3.8, 4) is 0 Å². The molecular formula is C13H19ClN2O3. The zero-order chi connectivity index (χ0) is 14.1. The number of hydrogen-bond acceptors (Lipinski definition) is 4. The summed E-state index contributed by atoms with van der Waals surface area (Å²) in [5.41, 5.74) is -0.133. The number of nitrogens with one attached hydrogen (secondary N) is 1. The lowest BCUT2D eigenvalue weighted by Crippen LogP contribution is -2.09. The molecule has 5 nitrogen and oxygen atoms in total. The van der Waals surface area contributed by atoms with Crippen LogP contribution < -0.4 is 5.32 Å². The van der Waals surface area contributed by atoms with Crippen LogP contribution in [0.25, 0.3) is 0 Å². The van der Waals surface area contributed by atoms with E-state index in [4.69, 9.17) is 21.4 Å². The van der Waals surface area contributed by atoms with Crippen LogP contribution in [-0.4, -0.2) is 35.8 Å². The fraction of sp³-hybridized carbons (Fsp3) is 0.538. The lowest BCUT2D eigenvalue weighted by molar-refractivity contribution is 0.0691.